The summed E-state index contributed by atoms with van der Waals surface area (Å²) in [4.78, 5) is 23.9. The number of carbonyl (C=O) groups excluding carboxylic acids is 2. The molecule has 4 aliphatic rings. The Balaban J connectivity index is 1.53. The monoisotopic (exact) mass is 322 g/mol. The molecule has 4 rings (SSSR count). The first kappa shape index (κ1) is 15.1. The summed E-state index contributed by atoms with van der Waals surface area (Å²) in [7, 11) is 0. The van der Waals surface area contributed by atoms with Crippen molar-refractivity contribution in [3.63, 3.8) is 0 Å². The Morgan fingerprint density at radius 3 is 1.48 bits per heavy atom. The largest absolute Gasteiger partial charge is 0.330 e. The van der Waals surface area contributed by atoms with Crippen molar-refractivity contribution in [2.75, 3.05) is 0 Å². The molecule has 2 aliphatic heterocycles. The highest BCUT2D eigenvalue weighted by atomic mass is 16.5. The third-order valence-electron chi connectivity index (χ3n) is 6.02. The molecule has 2 aliphatic carbocycles. The lowest BCUT2D eigenvalue weighted by atomic mass is 9.79. The molecule has 4 N–H and O–H groups in total. The lowest BCUT2D eigenvalue weighted by Gasteiger charge is -2.42. The normalized spacial score (nSPS) is 34.8. The molecule has 0 radical (unpaired) electrons. The van der Waals surface area contributed by atoms with Crippen LogP contribution in [0.15, 0.2) is 0 Å². The van der Waals surface area contributed by atoms with Gasteiger partial charge in [0.2, 0.25) is 0 Å². The summed E-state index contributed by atoms with van der Waals surface area (Å²) in [5.74, 6) is 0. The fraction of sp³-hybridized carbons (Fsp3) is 0.875. The molecule has 4 amide bonds. The van der Waals surface area contributed by atoms with E-state index in [1.807, 2.05) is 0 Å². The van der Waals surface area contributed by atoms with Gasteiger partial charge < -0.3 is 26.0 Å². The molecule has 0 bridgehead atoms. The molecule has 4 fully saturated rings. The predicted molar refractivity (Wildman–Crippen MR) is 83.6 cm³/mol. The minimum atomic E-state index is -0.376. The quantitative estimate of drug-likeness (QED) is 0.623. The summed E-state index contributed by atoms with van der Waals surface area (Å²) in [6.45, 7) is 0. The van der Waals surface area contributed by atoms with Gasteiger partial charge in [0.25, 0.3) is 0 Å². The Kier molecular flexibility index (Phi) is 3.63. The maximum absolute atomic E-state index is 11.9. The zero-order valence-electron chi connectivity index (χ0n) is 13.5. The van der Waals surface area contributed by atoms with E-state index in [1.54, 1.807) is 0 Å². The number of hydrogen-bond donors (Lipinski definition) is 4. The zero-order chi connectivity index (χ0) is 15.9. The van der Waals surface area contributed by atoms with Crippen molar-refractivity contribution in [3.8, 4) is 0 Å². The molecule has 2 saturated heterocycles. The van der Waals surface area contributed by atoms with Gasteiger partial charge in [0.1, 0.15) is 0 Å². The first-order valence-electron chi connectivity index (χ1n) is 8.95. The van der Waals surface area contributed by atoms with Gasteiger partial charge in [-0.2, -0.15) is 0 Å². The van der Waals surface area contributed by atoms with E-state index >= 15 is 0 Å². The Morgan fingerprint density at radius 2 is 1.09 bits per heavy atom. The van der Waals surface area contributed by atoms with Crippen LogP contribution in [0.3, 0.4) is 0 Å². The van der Waals surface area contributed by atoms with E-state index in [4.69, 9.17) is 4.74 Å². The van der Waals surface area contributed by atoms with Crippen LogP contribution >= 0.6 is 0 Å². The fourth-order valence-corrected chi connectivity index (χ4v) is 4.77. The second-order valence-electron chi connectivity index (χ2n) is 7.53. The number of rotatable bonds is 2. The van der Waals surface area contributed by atoms with Crippen molar-refractivity contribution in [1.29, 1.82) is 0 Å². The maximum atomic E-state index is 11.9. The third kappa shape index (κ3) is 2.55. The van der Waals surface area contributed by atoms with E-state index in [2.05, 4.69) is 21.3 Å². The number of carbonyl (C=O) groups is 2. The van der Waals surface area contributed by atoms with Gasteiger partial charge in [-0.1, -0.05) is 38.5 Å². The SMILES string of the molecule is O=C1NC(OC2NC(=O)NC23CCCCC3)C2(CCCCC2)N1. The summed E-state index contributed by atoms with van der Waals surface area (Å²) in [5.41, 5.74) is -0.642. The summed E-state index contributed by atoms with van der Waals surface area (Å²) in [6, 6.07) is -0.321. The standard InChI is InChI=1S/C16H26N4O3/c21-13-17-11(15(19-13)7-3-1-4-8-15)23-12-16(20-14(22)18-12)9-5-2-6-10-16/h11-12H,1-10H2,(H2,17,19,21)(H2,18,20,22). The molecule has 2 spiro atoms. The van der Waals surface area contributed by atoms with Crippen molar-refractivity contribution >= 4 is 12.1 Å². The molecule has 2 heterocycles. The highest BCUT2D eigenvalue weighted by Gasteiger charge is 2.54. The molecule has 2 atom stereocenters. The second kappa shape index (κ2) is 5.54. The fourth-order valence-electron chi connectivity index (χ4n) is 4.77. The van der Waals surface area contributed by atoms with E-state index in [9.17, 15) is 9.59 Å². The Hall–Kier alpha value is -1.50. The van der Waals surface area contributed by atoms with Gasteiger partial charge in [0, 0.05) is 0 Å². The van der Waals surface area contributed by atoms with Crippen LogP contribution in [0.5, 0.6) is 0 Å². The minimum Gasteiger partial charge on any atom is -0.330 e. The molecule has 7 heteroatoms. The number of hydrogen-bond acceptors (Lipinski definition) is 3. The third-order valence-corrected chi connectivity index (χ3v) is 6.02. The maximum Gasteiger partial charge on any atom is 0.317 e. The Labute approximate surface area is 136 Å². The highest BCUT2D eigenvalue weighted by molar-refractivity contribution is 5.79. The van der Waals surface area contributed by atoms with Crippen LogP contribution in [-0.4, -0.2) is 35.6 Å². The van der Waals surface area contributed by atoms with Crippen LogP contribution in [0.4, 0.5) is 9.59 Å². The van der Waals surface area contributed by atoms with Crippen molar-refractivity contribution in [3.05, 3.63) is 0 Å². The van der Waals surface area contributed by atoms with Crippen molar-refractivity contribution in [2.45, 2.75) is 87.7 Å². The van der Waals surface area contributed by atoms with Crippen LogP contribution in [0.2, 0.25) is 0 Å². The smallest absolute Gasteiger partial charge is 0.317 e. The zero-order valence-corrected chi connectivity index (χ0v) is 13.5. The molecule has 7 nitrogen and oxygen atoms in total. The van der Waals surface area contributed by atoms with E-state index in [0.29, 0.717) is 0 Å². The van der Waals surface area contributed by atoms with Crippen LogP contribution in [0.25, 0.3) is 0 Å². The lowest BCUT2D eigenvalue weighted by molar-refractivity contribution is -0.101. The molecular formula is C16H26N4O3. The van der Waals surface area contributed by atoms with Crippen molar-refractivity contribution in [1.82, 2.24) is 21.3 Å². The molecule has 0 aromatic rings. The van der Waals surface area contributed by atoms with Crippen LogP contribution in [-0.2, 0) is 4.74 Å². The summed E-state index contributed by atoms with van der Waals surface area (Å²) in [5, 5.41) is 12.0. The number of amides is 4. The summed E-state index contributed by atoms with van der Waals surface area (Å²) in [6.07, 6.45) is 9.77. The average Bonchev–Trinajstić information content (AvgIpc) is 2.98. The second-order valence-corrected chi connectivity index (χ2v) is 7.53. The predicted octanol–water partition coefficient (Wildman–Crippen LogP) is 1.69. The van der Waals surface area contributed by atoms with Gasteiger partial charge in [-0.15, -0.1) is 0 Å². The average molecular weight is 322 g/mol. The lowest BCUT2D eigenvalue weighted by Crippen LogP contribution is -2.58. The molecular weight excluding hydrogens is 296 g/mol. The van der Waals surface area contributed by atoms with E-state index in [1.165, 1.54) is 12.8 Å². The highest BCUT2D eigenvalue weighted by Crippen LogP contribution is 2.38. The van der Waals surface area contributed by atoms with E-state index in [-0.39, 0.29) is 35.6 Å². The Bertz CT molecular complexity index is 454. The molecule has 2 unspecified atom stereocenters. The van der Waals surface area contributed by atoms with E-state index < -0.39 is 0 Å². The van der Waals surface area contributed by atoms with Gasteiger partial charge >= 0.3 is 12.1 Å². The minimum absolute atomic E-state index is 0.160. The Morgan fingerprint density at radius 1 is 0.696 bits per heavy atom. The first-order valence-corrected chi connectivity index (χ1v) is 8.95. The number of ether oxygens (including phenoxy) is 1. The number of urea groups is 2. The van der Waals surface area contributed by atoms with Gasteiger partial charge in [-0.05, 0) is 25.7 Å². The van der Waals surface area contributed by atoms with E-state index in [0.717, 1.165) is 51.4 Å². The topological polar surface area (TPSA) is 91.5 Å². The van der Waals surface area contributed by atoms with Crippen LogP contribution < -0.4 is 21.3 Å². The molecule has 0 aromatic heterocycles. The van der Waals surface area contributed by atoms with Gasteiger partial charge in [-0.25, -0.2) is 9.59 Å². The molecule has 23 heavy (non-hydrogen) atoms. The molecule has 128 valence electrons. The van der Waals surface area contributed by atoms with Crippen LogP contribution in [0, 0.1) is 0 Å². The summed E-state index contributed by atoms with van der Waals surface area (Å²) < 4.78 is 6.31. The molecule has 2 saturated carbocycles. The van der Waals surface area contributed by atoms with Crippen LogP contribution in [0.1, 0.15) is 64.2 Å². The van der Waals surface area contributed by atoms with Gasteiger partial charge in [0.15, 0.2) is 12.5 Å². The summed E-state index contributed by atoms with van der Waals surface area (Å²) >= 11 is 0. The van der Waals surface area contributed by atoms with Crippen molar-refractivity contribution < 1.29 is 14.3 Å². The van der Waals surface area contributed by atoms with Gasteiger partial charge in [-0.3, -0.25) is 0 Å². The van der Waals surface area contributed by atoms with Gasteiger partial charge in [0.05, 0.1) is 11.1 Å². The molecule has 0 aromatic carbocycles. The van der Waals surface area contributed by atoms with Crippen molar-refractivity contribution in [2.24, 2.45) is 0 Å². The number of nitrogens with one attached hydrogen (secondary N) is 4. The first-order chi connectivity index (χ1) is 11.1.